The van der Waals surface area contributed by atoms with Crippen LogP contribution in [0.4, 0.5) is 13.2 Å². The monoisotopic (exact) mass is 286 g/mol. The molecule has 86 valence electrons. The quantitative estimate of drug-likeness (QED) is 0.532. The van der Waals surface area contributed by atoms with Gasteiger partial charge >= 0.3 is 6.18 Å². The van der Waals surface area contributed by atoms with Crippen LogP contribution in [0.25, 0.3) is 10.2 Å². The second-order valence-electron chi connectivity index (χ2n) is 2.99. The lowest BCUT2D eigenvalue weighted by molar-refractivity contribution is -0.136. The molecule has 0 amide bonds. The molecule has 2 aromatic rings. The van der Waals surface area contributed by atoms with Crippen molar-refractivity contribution in [3.05, 3.63) is 20.9 Å². The molecule has 0 atom stereocenters. The van der Waals surface area contributed by atoms with Gasteiger partial charge in [-0.2, -0.15) is 13.2 Å². The topological polar surface area (TPSA) is 25.8 Å². The minimum absolute atomic E-state index is 0.0569. The molecule has 2 heterocycles. The zero-order chi connectivity index (χ0) is 12.1. The molecule has 0 unspecified atom stereocenters. The van der Waals surface area contributed by atoms with Crippen LogP contribution >= 0.6 is 34.5 Å². The summed E-state index contributed by atoms with van der Waals surface area (Å²) in [7, 11) is 0. The van der Waals surface area contributed by atoms with Gasteiger partial charge in [0, 0.05) is 4.88 Å². The van der Waals surface area contributed by atoms with E-state index in [4.69, 9.17) is 23.2 Å². The number of alkyl halides is 3. The highest BCUT2D eigenvalue weighted by Crippen LogP contribution is 2.42. The molecule has 8 heteroatoms. The molecule has 0 N–H and O–H groups in total. The molecule has 0 aliphatic carbocycles. The predicted molar refractivity (Wildman–Crippen MR) is 57.2 cm³/mol. The maximum atomic E-state index is 12.7. The maximum Gasteiger partial charge on any atom is 0.419 e. The molecule has 16 heavy (non-hydrogen) atoms. The van der Waals surface area contributed by atoms with Crippen molar-refractivity contribution < 1.29 is 13.2 Å². The molecule has 0 spiro atoms. The Bertz CT molecular complexity index is 564. The maximum absolute atomic E-state index is 12.7. The minimum Gasteiger partial charge on any atom is -0.216 e. The summed E-state index contributed by atoms with van der Waals surface area (Å²) in [6.07, 6.45) is -4.47. The molecule has 2 aromatic heterocycles. The van der Waals surface area contributed by atoms with Crippen LogP contribution < -0.4 is 0 Å². The van der Waals surface area contributed by atoms with Crippen LogP contribution in [-0.2, 0) is 6.18 Å². The molecule has 0 aliphatic heterocycles. The van der Waals surface area contributed by atoms with Gasteiger partial charge in [-0.25, -0.2) is 9.97 Å². The molecule has 0 saturated carbocycles. The van der Waals surface area contributed by atoms with Crippen LogP contribution in [0.3, 0.4) is 0 Å². The van der Waals surface area contributed by atoms with Crippen molar-refractivity contribution in [2.45, 2.75) is 13.1 Å². The SMILES string of the molecule is Cc1sc2c(Cl)nc(Cl)nc2c1C(F)(F)F. The fraction of sp³-hybridized carbons (Fsp3) is 0.250. The Morgan fingerprint density at radius 2 is 1.81 bits per heavy atom. The summed E-state index contributed by atoms with van der Waals surface area (Å²) >= 11 is 12.1. The van der Waals surface area contributed by atoms with Gasteiger partial charge in [-0.05, 0) is 18.5 Å². The van der Waals surface area contributed by atoms with E-state index in [2.05, 4.69) is 9.97 Å². The minimum atomic E-state index is -4.47. The first-order chi connectivity index (χ1) is 7.30. The predicted octanol–water partition coefficient (Wildman–Crippen LogP) is 4.33. The van der Waals surface area contributed by atoms with Gasteiger partial charge in [0.05, 0.1) is 10.3 Å². The Morgan fingerprint density at radius 1 is 1.19 bits per heavy atom. The van der Waals surface area contributed by atoms with Gasteiger partial charge in [0.2, 0.25) is 5.28 Å². The molecule has 0 saturated heterocycles. The number of fused-ring (bicyclic) bond motifs is 1. The largest absolute Gasteiger partial charge is 0.419 e. The third-order valence-corrected chi connectivity index (χ3v) is 3.58. The van der Waals surface area contributed by atoms with E-state index in [-0.39, 0.29) is 25.5 Å². The van der Waals surface area contributed by atoms with Crippen molar-refractivity contribution in [3.63, 3.8) is 0 Å². The zero-order valence-corrected chi connectivity index (χ0v) is 10.0. The first-order valence-electron chi connectivity index (χ1n) is 4.00. The summed E-state index contributed by atoms with van der Waals surface area (Å²) in [5, 5.41) is -0.348. The Balaban J connectivity index is 2.89. The molecule has 0 aromatic carbocycles. The van der Waals surface area contributed by atoms with Gasteiger partial charge in [-0.3, -0.25) is 0 Å². The summed E-state index contributed by atoms with van der Waals surface area (Å²) in [4.78, 5) is 7.28. The van der Waals surface area contributed by atoms with Crippen LogP contribution in [0, 0.1) is 6.92 Å². The summed E-state index contributed by atoms with van der Waals surface area (Å²) in [6, 6.07) is 0. The van der Waals surface area contributed by atoms with Crippen LogP contribution in [-0.4, -0.2) is 9.97 Å². The van der Waals surface area contributed by atoms with E-state index in [1.165, 1.54) is 6.92 Å². The number of rotatable bonds is 0. The van der Waals surface area contributed by atoms with E-state index < -0.39 is 11.7 Å². The first-order valence-corrected chi connectivity index (χ1v) is 5.57. The van der Waals surface area contributed by atoms with E-state index in [9.17, 15) is 13.2 Å². The summed E-state index contributed by atoms with van der Waals surface area (Å²) < 4.78 is 38.4. The lowest BCUT2D eigenvalue weighted by atomic mass is 10.2. The van der Waals surface area contributed by atoms with Gasteiger partial charge < -0.3 is 0 Å². The molecular formula is C8H3Cl2F3N2S. The Morgan fingerprint density at radius 3 is 2.38 bits per heavy atom. The molecule has 0 fully saturated rings. The van der Waals surface area contributed by atoms with Crippen LogP contribution in [0.5, 0.6) is 0 Å². The lowest BCUT2D eigenvalue weighted by Crippen LogP contribution is -2.06. The van der Waals surface area contributed by atoms with E-state index in [1.54, 1.807) is 0 Å². The fourth-order valence-corrected chi connectivity index (χ4v) is 2.85. The van der Waals surface area contributed by atoms with Crippen molar-refractivity contribution in [3.8, 4) is 0 Å². The van der Waals surface area contributed by atoms with Crippen molar-refractivity contribution in [2.75, 3.05) is 0 Å². The van der Waals surface area contributed by atoms with Crippen LogP contribution in [0.2, 0.25) is 10.4 Å². The van der Waals surface area contributed by atoms with Crippen molar-refractivity contribution >= 4 is 44.8 Å². The van der Waals surface area contributed by atoms with E-state index in [1.807, 2.05) is 0 Å². The van der Waals surface area contributed by atoms with Crippen LogP contribution in [0.1, 0.15) is 10.4 Å². The number of halogens is 5. The molecule has 2 rings (SSSR count). The third-order valence-electron chi connectivity index (χ3n) is 1.92. The van der Waals surface area contributed by atoms with E-state index in [0.717, 1.165) is 11.3 Å². The van der Waals surface area contributed by atoms with Crippen molar-refractivity contribution in [1.82, 2.24) is 9.97 Å². The highest BCUT2D eigenvalue weighted by Gasteiger charge is 2.37. The number of thiophene rings is 1. The molecule has 0 radical (unpaired) electrons. The smallest absolute Gasteiger partial charge is 0.216 e. The van der Waals surface area contributed by atoms with Gasteiger partial charge in [-0.15, -0.1) is 11.3 Å². The summed E-state index contributed by atoms with van der Waals surface area (Å²) in [6.45, 7) is 1.36. The zero-order valence-electron chi connectivity index (χ0n) is 7.69. The third kappa shape index (κ3) is 1.85. The Labute approximate surface area is 102 Å². The van der Waals surface area contributed by atoms with Crippen molar-refractivity contribution in [1.29, 1.82) is 0 Å². The number of aryl methyl sites for hydroxylation is 1. The standard InChI is InChI=1S/C8H3Cl2F3N2S/c1-2-3(8(11,12)13)4-5(16-2)6(9)15-7(10)14-4/h1H3. The molecule has 0 bridgehead atoms. The van der Waals surface area contributed by atoms with Crippen molar-refractivity contribution in [2.24, 2.45) is 0 Å². The van der Waals surface area contributed by atoms with Gasteiger partial charge in [0.1, 0.15) is 5.52 Å². The van der Waals surface area contributed by atoms with E-state index in [0.29, 0.717) is 0 Å². The highest BCUT2D eigenvalue weighted by molar-refractivity contribution is 7.19. The van der Waals surface area contributed by atoms with E-state index >= 15 is 0 Å². The van der Waals surface area contributed by atoms with Gasteiger partial charge in [0.15, 0.2) is 5.15 Å². The number of hydrogen-bond acceptors (Lipinski definition) is 3. The molecular weight excluding hydrogens is 284 g/mol. The average molecular weight is 287 g/mol. The summed E-state index contributed by atoms with van der Waals surface area (Å²) in [5.41, 5.74) is -1.03. The normalized spacial score (nSPS) is 12.4. The lowest BCUT2D eigenvalue weighted by Gasteiger charge is -2.05. The fourth-order valence-electron chi connectivity index (χ4n) is 1.36. The Hall–Kier alpha value is -0.590. The number of nitrogens with zero attached hydrogens (tertiary/aromatic N) is 2. The second kappa shape index (κ2) is 3.72. The summed E-state index contributed by atoms with van der Waals surface area (Å²) in [5.74, 6) is 0. The highest BCUT2D eigenvalue weighted by atomic mass is 35.5. The number of hydrogen-bond donors (Lipinski definition) is 0. The van der Waals surface area contributed by atoms with Gasteiger partial charge in [0.25, 0.3) is 0 Å². The number of aromatic nitrogens is 2. The molecule has 0 aliphatic rings. The molecule has 2 nitrogen and oxygen atoms in total. The average Bonchev–Trinajstić information content (AvgIpc) is 2.40. The van der Waals surface area contributed by atoms with Crippen LogP contribution in [0.15, 0.2) is 0 Å². The first kappa shape index (κ1) is 11.9. The second-order valence-corrected chi connectivity index (χ2v) is 4.91. The Kier molecular flexibility index (Phi) is 2.76. The van der Waals surface area contributed by atoms with Gasteiger partial charge in [-0.1, -0.05) is 11.6 Å².